The first-order valence-electron chi connectivity index (χ1n) is 8.75. The SMILES string of the molecule is CCN(Cc1ccccc1)c1cncc(C(=O)Nc2ccc(C#N)cc2)c1. The van der Waals surface area contributed by atoms with E-state index in [0.717, 1.165) is 18.8 Å². The van der Waals surface area contributed by atoms with Gasteiger partial charge in [-0.25, -0.2) is 0 Å². The summed E-state index contributed by atoms with van der Waals surface area (Å²) in [5.41, 5.74) is 3.78. The normalized spacial score (nSPS) is 10.1. The van der Waals surface area contributed by atoms with Gasteiger partial charge in [0.25, 0.3) is 5.91 Å². The van der Waals surface area contributed by atoms with E-state index in [0.29, 0.717) is 16.8 Å². The molecule has 5 heteroatoms. The number of pyridine rings is 1. The highest BCUT2D eigenvalue weighted by Crippen LogP contribution is 2.18. The van der Waals surface area contributed by atoms with Crippen LogP contribution < -0.4 is 10.2 Å². The van der Waals surface area contributed by atoms with Crippen molar-refractivity contribution in [3.8, 4) is 6.07 Å². The van der Waals surface area contributed by atoms with Gasteiger partial charge in [0.15, 0.2) is 0 Å². The van der Waals surface area contributed by atoms with Crippen LogP contribution in [-0.4, -0.2) is 17.4 Å². The first-order chi connectivity index (χ1) is 13.2. The van der Waals surface area contributed by atoms with Gasteiger partial charge >= 0.3 is 0 Å². The third-order valence-electron chi connectivity index (χ3n) is 4.22. The van der Waals surface area contributed by atoms with Crippen molar-refractivity contribution in [2.24, 2.45) is 0 Å². The molecule has 1 aromatic heterocycles. The van der Waals surface area contributed by atoms with Crippen LogP contribution in [-0.2, 0) is 6.54 Å². The molecule has 1 amide bonds. The topological polar surface area (TPSA) is 69.0 Å². The summed E-state index contributed by atoms with van der Waals surface area (Å²) < 4.78 is 0. The van der Waals surface area contributed by atoms with Gasteiger partial charge in [-0.15, -0.1) is 0 Å². The minimum atomic E-state index is -0.232. The lowest BCUT2D eigenvalue weighted by Gasteiger charge is -2.23. The van der Waals surface area contributed by atoms with Gasteiger partial charge in [-0.3, -0.25) is 9.78 Å². The van der Waals surface area contributed by atoms with Crippen molar-refractivity contribution >= 4 is 17.3 Å². The number of carbonyl (C=O) groups excluding carboxylic acids is 1. The van der Waals surface area contributed by atoms with E-state index >= 15 is 0 Å². The Morgan fingerprint density at radius 2 is 1.85 bits per heavy atom. The van der Waals surface area contributed by atoms with Gasteiger partial charge in [0, 0.05) is 25.0 Å². The van der Waals surface area contributed by atoms with E-state index in [2.05, 4.69) is 40.3 Å². The number of rotatable bonds is 6. The molecule has 0 spiro atoms. The Morgan fingerprint density at radius 3 is 2.52 bits per heavy atom. The predicted molar refractivity (Wildman–Crippen MR) is 107 cm³/mol. The molecule has 3 aromatic rings. The van der Waals surface area contributed by atoms with Crippen LogP contribution in [0.3, 0.4) is 0 Å². The van der Waals surface area contributed by atoms with E-state index in [1.165, 1.54) is 5.56 Å². The van der Waals surface area contributed by atoms with E-state index in [9.17, 15) is 4.79 Å². The van der Waals surface area contributed by atoms with Crippen molar-refractivity contribution < 1.29 is 4.79 Å². The number of anilines is 2. The van der Waals surface area contributed by atoms with Crippen LogP contribution in [0.25, 0.3) is 0 Å². The average Bonchev–Trinajstić information content (AvgIpc) is 2.73. The molecule has 0 aliphatic heterocycles. The fourth-order valence-electron chi connectivity index (χ4n) is 2.75. The zero-order chi connectivity index (χ0) is 19.1. The second-order valence-electron chi connectivity index (χ2n) is 6.07. The van der Waals surface area contributed by atoms with Gasteiger partial charge < -0.3 is 10.2 Å². The number of benzene rings is 2. The number of nitriles is 1. The highest BCUT2D eigenvalue weighted by atomic mass is 16.1. The number of carbonyl (C=O) groups is 1. The molecule has 0 bridgehead atoms. The summed E-state index contributed by atoms with van der Waals surface area (Å²) in [6, 6.07) is 20.9. The summed E-state index contributed by atoms with van der Waals surface area (Å²) in [6.45, 7) is 3.63. The summed E-state index contributed by atoms with van der Waals surface area (Å²) in [6.07, 6.45) is 3.32. The summed E-state index contributed by atoms with van der Waals surface area (Å²) in [5.74, 6) is -0.232. The second-order valence-corrected chi connectivity index (χ2v) is 6.07. The van der Waals surface area contributed by atoms with Crippen LogP contribution in [0.2, 0.25) is 0 Å². The molecule has 3 rings (SSSR count). The molecule has 0 atom stereocenters. The Balaban J connectivity index is 1.75. The van der Waals surface area contributed by atoms with Crippen molar-refractivity contribution in [1.29, 1.82) is 5.26 Å². The van der Waals surface area contributed by atoms with Crippen LogP contribution in [0.4, 0.5) is 11.4 Å². The van der Waals surface area contributed by atoms with Crippen LogP contribution >= 0.6 is 0 Å². The van der Waals surface area contributed by atoms with E-state index in [4.69, 9.17) is 5.26 Å². The Bertz CT molecular complexity index is 946. The number of amides is 1. The quantitative estimate of drug-likeness (QED) is 0.717. The molecule has 27 heavy (non-hydrogen) atoms. The number of aromatic nitrogens is 1. The lowest BCUT2D eigenvalue weighted by atomic mass is 10.2. The largest absolute Gasteiger partial charge is 0.366 e. The smallest absolute Gasteiger partial charge is 0.257 e. The number of hydrogen-bond acceptors (Lipinski definition) is 4. The monoisotopic (exact) mass is 356 g/mol. The molecule has 0 fully saturated rings. The molecule has 0 saturated heterocycles. The summed E-state index contributed by atoms with van der Waals surface area (Å²) in [7, 11) is 0. The Hall–Kier alpha value is -3.65. The van der Waals surface area contributed by atoms with Crippen LogP contribution in [0, 0.1) is 11.3 Å². The maximum absolute atomic E-state index is 12.6. The molecular formula is C22H20N4O. The standard InChI is InChI=1S/C22H20N4O/c1-2-26(16-18-6-4-3-5-7-18)21-12-19(14-24-15-21)22(27)25-20-10-8-17(13-23)9-11-20/h3-12,14-15H,2,16H2,1H3,(H,25,27). The number of nitrogens with one attached hydrogen (secondary N) is 1. The Kier molecular flexibility index (Phi) is 5.80. The molecule has 2 aromatic carbocycles. The van der Waals surface area contributed by atoms with Gasteiger partial charge in [0.05, 0.1) is 29.1 Å². The first-order valence-corrected chi connectivity index (χ1v) is 8.75. The van der Waals surface area contributed by atoms with Crippen LogP contribution in [0.1, 0.15) is 28.4 Å². The first kappa shape index (κ1) is 18.2. The average molecular weight is 356 g/mol. The van der Waals surface area contributed by atoms with Crippen molar-refractivity contribution in [3.05, 3.63) is 89.7 Å². The summed E-state index contributed by atoms with van der Waals surface area (Å²) in [4.78, 5) is 19.0. The van der Waals surface area contributed by atoms with Crippen LogP contribution in [0.15, 0.2) is 73.1 Å². The maximum Gasteiger partial charge on any atom is 0.257 e. The number of nitrogens with zero attached hydrogens (tertiary/aromatic N) is 3. The minimum absolute atomic E-state index is 0.232. The molecule has 0 aliphatic carbocycles. The van der Waals surface area contributed by atoms with Gasteiger partial charge in [-0.2, -0.15) is 5.26 Å². The van der Waals surface area contributed by atoms with Gasteiger partial charge in [0.2, 0.25) is 0 Å². The Morgan fingerprint density at radius 1 is 1.11 bits per heavy atom. The van der Waals surface area contributed by atoms with Gasteiger partial charge in [-0.1, -0.05) is 30.3 Å². The lowest BCUT2D eigenvalue weighted by molar-refractivity contribution is 0.102. The fraction of sp³-hybridized carbons (Fsp3) is 0.136. The molecule has 0 saturated carbocycles. The molecule has 1 heterocycles. The minimum Gasteiger partial charge on any atom is -0.366 e. The van der Waals surface area contributed by atoms with Crippen molar-refractivity contribution in [3.63, 3.8) is 0 Å². The zero-order valence-corrected chi connectivity index (χ0v) is 15.1. The highest BCUT2D eigenvalue weighted by Gasteiger charge is 2.11. The molecular weight excluding hydrogens is 336 g/mol. The van der Waals surface area contributed by atoms with Crippen molar-refractivity contribution in [2.75, 3.05) is 16.8 Å². The van der Waals surface area contributed by atoms with E-state index < -0.39 is 0 Å². The molecule has 0 unspecified atom stereocenters. The molecule has 134 valence electrons. The third-order valence-corrected chi connectivity index (χ3v) is 4.22. The molecule has 5 nitrogen and oxygen atoms in total. The molecule has 0 aliphatic rings. The lowest BCUT2D eigenvalue weighted by Crippen LogP contribution is -2.23. The van der Waals surface area contributed by atoms with Gasteiger partial charge in [0.1, 0.15) is 0 Å². The highest BCUT2D eigenvalue weighted by molar-refractivity contribution is 6.04. The molecule has 0 radical (unpaired) electrons. The van der Waals surface area contributed by atoms with Crippen molar-refractivity contribution in [2.45, 2.75) is 13.5 Å². The third kappa shape index (κ3) is 4.71. The van der Waals surface area contributed by atoms with E-state index in [1.54, 1.807) is 36.7 Å². The Labute approximate surface area is 158 Å². The van der Waals surface area contributed by atoms with E-state index in [1.807, 2.05) is 24.3 Å². The number of hydrogen-bond donors (Lipinski definition) is 1. The maximum atomic E-state index is 12.6. The van der Waals surface area contributed by atoms with Crippen molar-refractivity contribution in [1.82, 2.24) is 4.98 Å². The second kappa shape index (κ2) is 8.63. The fourth-order valence-corrected chi connectivity index (χ4v) is 2.75. The summed E-state index contributed by atoms with van der Waals surface area (Å²) in [5, 5.41) is 11.7. The van der Waals surface area contributed by atoms with E-state index in [-0.39, 0.29) is 5.91 Å². The summed E-state index contributed by atoms with van der Waals surface area (Å²) >= 11 is 0. The molecule has 1 N–H and O–H groups in total. The van der Waals surface area contributed by atoms with Crippen LogP contribution in [0.5, 0.6) is 0 Å². The zero-order valence-electron chi connectivity index (χ0n) is 15.1. The predicted octanol–water partition coefficient (Wildman–Crippen LogP) is 4.23. The van der Waals surface area contributed by atoms with Gasteiger partial charge in [-0.05, 0) is 42.8 Å².